The molecule has 0 spiro atoms. The maximum Gasteiger partial charge on any atom is 0.196 e. The lowest BCUT2D eigenvalue weighted by Crippen LogP contribution is -2.37. The second-order valence-electron chi connectivity index (χ2n) is 4.77. The van der Waals surface area contributed by atoms with E-state index in [2.05, 4.69) is 25.7 Å². The Balaban J connectivity index is 1.66. The zero-order chi connectivity index (χ0) is 14.7. The van der Waals surface area contributed by atoms with Gasteiger partial charge in [-0.05, 0) is 11.3 Å². The van der Waals surface area contributed by atoms with E-state index in [0.29, 0.717) is 24.9 Å². The van der Waals surface area contributed by atoms with Crippen LogP contribution in [-0.2, 0) is 13.6 Å². The van der Waals surface area contributed by atoms with Crippen molar-refractivity contribution in [2.24, 2.45) is 17.8 Å². The number of aryl methyl sites for hydroxylation is 1. The second kappa shape index (κ2) is 5.78. The molecule has 1 atom stereocenters. The van der Waals surface area contributed by atoms with Crippen LogP contribution in [0.15, 0.2) is 29.3 Å². The molecule has 0 amide bonds. The van der Waals surface area contributed by atoms with Crippen LogP contribution in [0.4, 0.5) is 0 Å². The fourth-order valence-electron chi connectivity index (χ4n) is 2.26. The maximum absolute atomic E-state index is 5.93. The number of nitrogens with zero attached hydrogens (tertiary/aromatic N) is 5. The van der Waals surface area contributed by atoms with E-state index in [1.54, 1.807) is 7.05 Å². The Bertz CT molecular complexity index is 651. The maximum atomic E-state index is 5.93. The monoisotopic (exact) mass is 287 g/mol. The molecule has 3 N–H and O–H groups in total. The average molecular weight is 287 g/mol. The summed E-state index contributed by atoms with van der Waals surface area (Å²) in [6.45, 7) is 0.964. The van der Waals surface area contributed by atoms with Crippen molar-refractivity contribution < 1.29 is 4.74 Å². The fourth-order valence-corrected chi connectivity index (χ4v) is 2.26. The van der Waals surface area contributed by atoms with Crippen molar-refractivity contribution >= 4 is 5.96 Å². The first-order valence-electron chi connectivity index (χ1n) is 6.73. The molecule has 8 heteroatoms. The number of para-hydroxylation sites is 1. The molecule has 1 aliphatic rings. The first-order valence-corrected chi connectivity index (χ1v) is 6.73. The van der Waals surface area contributed by atoms with Gasteiger partial charge in [0.1, 0.15) is 12.3 Å². The first-order chi connectivity index (χ1) is 10.2. The third-order valence-corrected chi connectivity index (χ3v) is 3.22. The number of aliphatic imine (C=N–C) groups is 1. The highest BCUT2D eigenvalue weighted by Gasteiger charge is 2.21. The Kier molecular flexibility index (Phi) is 3.67. The van der Waals surface area contributed by atoms with Crippen molar-refractivity contribution in [2.45, 2.75) is 19.0 Å². The normalized spacial score (nSPS) is 18.0. The number of guanidine groups is 1. The van der Waals surface area contributed by atoms with Crippen LogP contribution in [0, 0.1) is 0 Å². The molecule has 1 unspecified atom stereocenters. The molecule has 1 aliphatic heterocycles. The number of benzene rings is 1. The van der Waals surface area contributed by atoms with Crippen LogP contribution in [0.1, 0.15) is 23.9 Å². The standard InChI is InChI=1S/C13H17N7O/c1-20-18-12(17-19-20)8-15-13(14)16-10-6-7-21-11-5-3-2-4-9(10)11/h2-5,10H,6-8H2,1H3,(H3,14,15,16). The Morgan fingerprint density at radius 2 is 2.38 bits per heavy atom. The fraction of sp³-hybridized carbons (Fsp3) is 0.385. The topological polar surface area (TPSA) is 103 Å². The molecule has 0 fully saturated rings. The minimum Gasteiger partial charge on any atom is -0.493 e. The van der Waals surface area contributed by atoms with E-state index in [1.165, 1.54) is 4.80 Å². The van der Waals surface area contributed by atoms with Gasteiger partial charge in [0.05, 0.1) is 19.7 Å². The van der Waals surface area contributed by atoms with E-state index >= 15 is 0 Å². The highest BCUT2D eigenvalue weighted by Crippen LogP contribution is 2.31. The summed E-state index contributed by atoms with van der Waals surface area (Å²) >= 11 is 0. The van der Waals surface area contributed by atoms with Crippen LogP contribution in [0.3, 0.4) is 0 Å². The molecular formula is C13H17N7O. The number of nitrogens with one attached hydrogen (secondary N) is 1. The van der Waals surface area contributed by atoms with Gasteiger partial charge in [0, 0.05) is 12.0 Å². The molecule has 3 rings (SSSR count). The summed E-state index contributed by atoms with van der Waals surface area (Å²) < 4.78 is 5.62. The van der Waals surface area contributed by atoms with Crippen LogP contribution < -0.4 is 15.8 Å². The van der Waals surface area contributed by atoms with Crippen molar-refractivity contribution in [1.29, 1.82) is 0 Å². The number of ether oxygens (including phenoxy) is 1. The van der Waals surface area contributed by atoms with Gasteiger partial charge in [0.2, 0.25) is 0 Å². The second-order valence-corrected chi connectivity index (χ2v) is 4.77. The van der Waals surface area contributed by atoms with E-state index in [9.17, 15) is 0 Å². The summed E-state index contributed by atoms with van der Waals surface area (Å²) in [5.74, 6) is 1.79. The molecule has 0 saturated carbocycles. The van der Waals surface area contributed by atoms with Gasteiger partial charge in [0.25, 0.3) is 0 Å². The minimum atomic E-state index is 0.105. The lowest BCUT2D eigenvalue weighted by Gasteiger charge is -2.26. The van der Waals surface area contributed by atoms with Crippen molar-refractivity contribution in [2.75, 3.05) is 6.61 Å². The third kappa shape index (κ3) is 3.10. The SMILES string of the molecule is Cn1nnc(CN=C(N)NC2CCOc3ccccc32)n1. The number of rotatable bonds is 3. The van der Waals surface area contributed by atoms with E-state index in [4.69, 9.17) is 10.5 Å². The Morgan fingerprint density at radius 1 is 1.52 bits per heavy atom. The predicted octanol–water partition coefficient (Wildman–Crippen LogP) is 0.138. The highest BCUT2D eigenvalue weighted by molar-refractivity contribution is 5.78. The van der Waals surface area contributed by atoms with E-state index in [0.717, 1.165) is 17.7 Å². The minimum absolute atomic E-state index is 0.105. The summed E-state index contributed by atoms with van der Waals surface area (Å²) in [6.07, 6.45) is 0.844. The van der Waals surface area contributed by atoms with Gasteiger partial charge in [0.15, 0.2) is 11.8 Å². The number of hydrogen-bond acceptors (Lipinski definition) is 5. The molecule has 1 aromatic carbocycles. The molecule has 1 aromatic heterocycles. The van der Waals surface area contributed by atoms with Crippen LogP contribution in [-0.4, -0.2) is 32.8 Å². The molecule has 0 radical (unpaired) electrons. The number of hydrogen-bond donors (Lipinski definition) is 2. The number of tetrazole rings is 1. The summed E-state index contributed by atoms with van der Waals surface area (Å²) in [6, 6.07) is 8.04. The first kappa shape index (κ1) is 13.3. The van der Waals surface area contributed by atoms with Crippen LogP contribution in [0.25, 0.3) is 0 Å². The molecule has 0 bridgehead atoms. The summed E-state index contributed by atoms with van der Waals surface area (Å²) in [7, 11) is 1.71. The molecule has 110 valence electrons. The highest BCUT2D eigenvalue weighted by atomic mass is 16.5. The quantitative estimate of drug-likeness (QED) is 0.614. The van der Waals surface area contributed by atoms with Gasteiger partial charge in [-0.2, -0.15) is 4.80 Å². The summed E-state index contributed by atoms with van der Waals surface area (Å²) in [5, 5.41) is 14.9. The van der Waals surface area contributed by atoms with Gasteiger partial charge in [-0.1, -0.05) is 18.2 Å². The molecule has 2 aromatic rings. The van der Waals surface area contributed by atoms with Crippen molar-refractivity contribution in [3.05, 3.63) is 35.7 Å². The molecule has 21 heavy (non-hydrogen) atoms. The van der Waals surface area contributed by atoms with Crippen LogP contribution >= 0.6 is 0 Å². The molecule has 0 saturated heterocycles. The molecule has 8 nitrogen and oxygen atoms in total. The Morgan fingerprint density at radius 3 is 3.19 bits per heavy atom. The zero-order valence-corrected chi connectivity index (χ0v) is 11.7. The van der Waals surface area contributed by atoms with Gasteiger partial charge in [-0.25, -0.2) is 4.99 Å². The van der Waals surface area contributed by atoms with Gasteiger partial charge >= 0.3 is 0 Å². The van der Waals surface area contributed by atoms with Crippen molar-refractivity contribution in [3.8, 4) is 5.75 Å². The predicted molar refractivity (Wildman–Crippen MR) is 76.6 cm³/mol. The van der Waals surface area contributed by atoms with Gasteiger partial charge in [-0.3, -0.25) is 0 Å². The van der Waals surface area contributed by atoms with Gasteiger partial charge in [-0.15, -0.1) is 10.2 Å². The van der Waals surface area contributed by atoms with Crippen LogP contribution in [0.2, 0.25) is 0 Å². The Labute approximate surface area is 122 Å². The van der Waals surface area contributed by atoms with E-state index < -0.39 is 0 Å². The van der Waals surface area contributed by atoms with E-state index in [-0.39, 0.29) is 6.04 Å². The lowest BCUT2D eigenvalue weighted by molar-refractivity contribution is 0.262. The molecule has 2 heterocycles. The lowest BCUT2D eigenvalue weighted by atomic mass is 10.0. The zero-order valence-electron chi connectivity index (χ0n) is 11.7. The van der Waals surface area contributed by atoms with Crippen LogP contribution in [0.5, 0.6) is 5.75 Å². The van der Waals surface area contributed by atoms with Crippen molar-refractivity contribution in [3.63, 3.8) is 0 Å². The number of aromatic nitrogens is 4. The Hall–Kier alpha value is -2.64. The number of nitrogens with two attached hydrogens (primary N) is 1. The van der Waals surface area contributed by atoms with E-state index in [1.807, 2.05) is 24.3 Å². The number of fused-ring (bicyclic) bond motifs is 1. The summed E-state index contributed by atoms with van der Waals surface area (Å²) in [4.78, 5) is 5.63. The van der Waals surface area contributed by atoms with Crippen molar-refractivity contribution in [1.82, 2.24) is 25.5 Å². The molecular weight excluding hydrogens is 270 g/mol. The third-order valence-electron chi connectivity index (χ3n) is 3.22. The average Bonchev–Trinajstić information content (AvgIpc) is 2.91. The molecule has 0 aliphatic carbocycles. The smallest absolute Gasteiger partial charge is 0.196 e. The summed E-state index contributed by atoms with van der Waals surface area (Å²) in [5.41, 5.74) is 7.03. The van der Waals surface area contributed by atoms with Gasteiger partial charge < -0.3 is 15.8 Å². The largest absolute Gasteiger partial charge is 0.493 e.